The summed E-state index contributed by atoms with van der Waals surface area (Å²) >= 11 is 0. The van der Waals surface area contributed by atoms with Crippen molar-refractivity contribution in [3.63, 3.8) is 0 Å². The number of rotatable bonds is 2. The molecular weight excluding hydrogens is 174 g/mol. The van der Waals surface area contributed by atoms with Crippen molar-refractivity contribution >= 4 is 11.6 Å². The molecule has 0 unspecified atom stereocenters. The molecule has 1 N–H and O–H groups in total. The smallest absolute Gasteiger partial charge is 0.221 e. The second kappa shape index (κ2) is 4.61. The number of carbonyl (C=O) groups is 1. The summed E-state index contributed by atoms with van der Waals surface area (Å²) in [6.45, 7) is 5.46. The third kappa shape index (κ3) is 2.73. The van der Waals surface area contributed by atoms with Crippen molar-refractivity contribution in [3.8, 4) is 0 Å². The first-order chi connectivity index (χ1) is 6.63. The summed E-state index contributed by atoms with van der Waals surface area (Å²) in [6, 6.07) is 8.06. The number of allylic oxidation sites excluding steroid dienone is 1. The standard InChI is InChI=1S/C12H15NO/c1-4-12(13-10(3)14)11-7-5-9(2)6-8-11/h4-8H,1-3H3,(H,13,14)/b12-4+. The lowest BCUT2D eigenvalue weighted by Gasteiger charge is -2.07. The molecule has 0 atom stereocenters. The predicted octanol–water partition coefficient (Wildman–Crippen LogP) is 2.49. The molecular formula is C12H15NO. The monoisotopic (exact) mass is 189 g/mol. The van der Waals surface area contributed by atoms with Crippen LogP contribution in [0.1, 0.15) is 25.0 Å². The first kappa shape index (κ1) is 10.5. The number of amides is 1. The van der Waals surface area contributed by atoms with Crippen molar-refractivity contribution in [2.24, 2.45) is 0 Å². The molecule has 0 bridgehead atoms. The highest BCUT2D eigenvalue weighted by atomic mass is 16.1. The minimum Gasteiger partial charge on any atom is -0.326 e. The van der Waals surface area contributed by atoms with Crippen LogP contribution >= 0.6 is 0 Å². The zero-order valence-electron chi connectivity index (χ0n) is 8.79. The number of carbonyl (C=O) groups excluding carboxylic acids is 1. The van der Waals surface area contributed by atoms with E-state index < -0.39 is 0 Å². The lowest BCUT2D eigenvalue weighted by Crippen LogP contribution is -2.17. The molecule has 1 aromatic carbocycles. The molecule has 0 radical (unpaired) electrons. The van der Waals surface area contributed by atoms with Crippen LogP contribution in [0, 0.1) is 6.92 Å². The van der Waals surface area contributed by atoms with E-state index in [1.54, 1.807) is 0 Å². The van der Waals surface area contributed by atoms with Crippen LogP contribution in [-0.2, 0) is 4.79 Å². The second-order valence-electron chi connectivity index (χ2n) is 3.25. The van der Waals surface area contributed by atoms with Gasteiger partial charge in [-0.05, 0) is 19.4 Å². The molecule has 0 aromatic heterocycles. The highest BCUT2D eigenvalue weighted by molar-refractivity contribution is 5.84. The summed E-state index contributed by atoms with van der Waals surface area (Å²) in [6.07, 6.45) is 1.89. The quantitative estimate of drug-likeness (QED) is 0.760. The van der Waals surface area contributed by atoms with Gasteiger partial charge >= 0.3 is 0 Å². The Morgan fingerprint density at radius 3 is 2.29 bits per heavy atom. The van der Waals surface area contributed by atoms with Crippen LogP contribution < -0.4 is 5.32 Å². The summed E-state index contributed by atoms with van der Waals surface area (Å²) < 4.78 is 0. The van der Waals surface area contributed by atoms with E-state index in [9.17, 15) is 4.79 Å². The molecule has 14 heavy (non-hydrogen) atoms. The Morgan fingerprint density at radius 2 is 1.86 bits per heavy atom. The highest BCUT2D eigenvalue weighted by Crippen LogP contribution is 2.12. The van der Waals surface area contributed by atoms with Gasteiger partial charge in [0.15, 0.2) is 0 Å². The lowest BCUT2D eigenvalue weighted by molar-refractivity contribution is -0.117. The molecule has 2 nitrogen and oxygen atoms in total. The molecule has 0 saturated heterocycles. The van der Waals surface area contributed by atoms with Gasteiger partial charge in [0, 0.05) is 12.6 Å². The molecule has 1 rings (SSSR count). The molecule has 0 heterocycles. The minimum absolute atomic E-state index is 0.0429. The zero-order valence-corrected chi connectivity index (χ0v) is 8.79. The summed E-state index contributed by atoms with van der Waals surface area (Å²) in [7, 11) is 0. The minimum atomic E-state index is -0.0429. The van der Waals surface area contributed by atoms with Gasteiger partial charge in [0.25, 0.3) is 0 Å². The molecule has 74 valence electrons. The fourth-order valence-corrected chi connectivity index (χ4v) is 1.23. The van der Waals surface area contributed by atoms with Crippen LogP contribution in [0.3, 0.4) is 0 Å². The molecule has 0 aliphatic rings. The fraction of sp³-hybridized carbons (Fsp3) is 0.250. The van der Waals surface area contributed by atoms with Crippen LogP contribution in [0.5, 0.6) is 0 Å². The van der Waals surface area contributed by atoms with Gasteiger partial charge in [-0.1, -0.05) is 35.9 Å². The topological polar surface area (TPSA) is 29.1 Å². The summed E-state index contributed by atoms with van der Waals surface area (Å²) in [5, 5.41) is 2.79. The van der Waals surface area contributed by atoms with Gasteiger partial charge in [-0.2, -0.15) is 0 Å². The Labute approximate surface area is 84.6 Å². The first-order valence-corrected chi connectivity index (χ1v) is 4.64. The van der Waals surface area contributed by atoms with Crippen molar-refractivity contribution in [3.05, 3.63) is 41.5 Å². The van der Waals surface area contributed by atoms with E-state index in [-0.39, 0.29) is 5.91 Å². The summed E-state index contributed by atoms with van der Waals surface area (Å²) in [5.41, 5.74) is 3.11. The lowest BCUT2D eigenvalue weighted by atomic mass is 10.1. The SMILES string of the molecule is C/C=C(/NC(C)=O)c1ccc(C)cc1. The third-order valence-electron chi connectivity index (χ3n) is 1.96. The van der Waals surface area contributed by atoms with Crippen molar-refractivity contribution in [2.75, 3.05) is 0 Å². The normalized spacial score (nSPS) is 11.2. The molecule has 0 fully saturated rings. The molecule has 1 amide bonds. The molecule has 2 heteroatoms. The summed E-state index contributed by atoms with van der Waals surface area (Å²) in [5.74, 6) is -0.0429. The average molecular weight is 189 g/mol. The number of nitrogens with one attached hydrogen (secondary N) is 1. The Hall–Kier alpha value is -1.57. The predicted molar refractivity (Wildman–Crippen MR) is 58.6 cm³/mol. The molecule has 0 aliphatic heterocycles. The van der Waals surface area contributed by atoms with Crippen LogP contribution in [0.25, 0.3) is 5.70 Å². The van der Waals surface area contributed by atoms with Crippen molar-refractivity contribution in [1.29, 1.82) is 0 Å². The van der Waals surface area contributed by atoms with Crippen LogP contribution in [0.4, 0.5) is 0 Å². The maximum absolute atomic E-state index is 10.9. The Morgan fingerprint density at radius 1 is 1.29 bits per heavy atom. The number of hydrogen-bond acceptors (Lipinski definition) is 1. The van der Waals surface area contributed by atoms with Crippen LogP contribution in [-0.4, -0.2) is 5.91 Å². The number of hydrogen-bond donors (Lipinski definition) is 1. The zero-order chi connectivity index (χ0) is 10.6. The molecule has 0 spiro atoms. The van der Waals surface area contributed by atoms with Crippen molar-refractivity contribution in [2.45, 2.75) is 20.8 Å². The molecule has 0 aliphatic carbocycles. The Kier molecular flexibility index (Phi) is 3.46. The number of benzene rings is 1. The first-order valence-electron chi connectivity index (χ1n) is 4.64. The van der Waals surface area contributed by atoms with Gasteiger partial charge < -0.3 is 5.32 Å². The van der Waals surface area contributed by atoms with Gasteiger partial charge in [0.05, 0.1) is 0 Å². The molecule has 0 saturated carbocycles. The van der Waals surface area contributed by atoms with E-state index in [0.29, 0.717) is 0 Å². The van der Waals surface area contributed by atoms with Gasteiger partial charge in [-0.3, -0.25) is 4.79 Å². The fourth-order valence-electron chi connectivity index (χ4n) is 1.23. The van der Waals surface area contributed by atoms with Gasteiger partial charge in [0.1, 0.15) is 0 Å². The number of aryl methyl sites for hydroxylation is 1. The summed E-state index contributed by atoms with van der Waals surface area (Å²) in [4.78, 5) is 10.9. The van der Waals surface area contributed by atoms with Crippen LogP contribution in [0.15, 0.2) is 30.3 Å². The largest absolute Gasteiger partial charge is 0.326 e. The average Bonchev–Trinajstić information content (AvgIpc) is 2.15. The van der Waals surface area contributed by atoms with Crippen LogP contribution in [0.2, 0.25) is 0 Å². The molecule has 1 aromatic rings. The third-order valence-corrected chi connectivity index (χ3v) is 1.96. The maximum atomic E-state index is 10.9. The van der Waals surface area contributed by atoms with E-state index in [4.69, 9.17) is 0 Å². The van der Waals surface area contributed by atoms with Crippen molar-refractivity contribution < 1.29 is 4.79 Å². The van der Waals surface area contributed by atoms with Gasteiger partial charge in [-0.15, -0.1) is 0 Å². The van der Waals surface area contributed by atoms with E-state index in [2.05, 4.69) is 5.32 Å². The van der Waals surface area contributed by atoms with Gasteiger partial charge in [0.2, 0.25) is 5.91 Å². The second-order valence-corrected chi connectivity index (χ2v) is 3.25. The van der Waals surface area contributed by atoms with E-state index in [1.807, 2.05) is 44.2 Å². The maximum Gasteiger partial charge on any atom is 0.221 e. The highest BCUT2D eigenvalue weighted by Gasteiger charge is 2.00. The van der Waals surface area contributed by atoms with E-state index in [1.165, 1.54) is 12.5 Å². The Balaban J connectivity index is 2.91. The van der Waals surface area contributed by atoms with E-state index in [0.717, 1.165) is 11.3 Å². The van der Waals surface area contributed by atoms with Crippen molar-refractivity contribution in [1.82, 2.24) is 5.32 Å². The van der Waals surface area contributed by atoms with E-state index >= 15 is 0 Å². The Bertz CT molecular complexity index is 349. The van der Waals surface area contributed by atoms with Gasteiger partial charge in [-0.25, -0.2) is 0 Å².